The average Bonchev–Trinajstić information content (AvgIpc) is 2.61. The van der Waals surface area contributed by atoms with E-state index in [0.29, 0.717) is 5.56 Å². The molecule has 130 valence electrons. The van der Waals surface area contributed by atoms with Crippen LogP contribution in [0.4, 0.5) is 0 Å². The predicted octanol–water partition coefficient (Wildman–Crippen LogP) is 2.52. The molecule has 6 nitrogen and oxygen atoms in total. The number of rotatable bonds is 7. The van der Waals surface area contributed by atoms with Crippen LogP contribution in [0.2, 0.25) is 0 Å². The standard InChI is InChI=1S/C19H20N2O4/c1-13(2)17(19(24)25)21(18(23)15-10-6-7-11-20-15)12-16(22)14-8-4-3-5-9-14/h3-11,13,17H,12H2,1-2H3,(H,24,25). The molecule has 1 aromatic carbocycles. The van der Waals surface area contributed by atoms with Crippen LogP contribution in [0.15, 0.2) is 54.7 Å². The molecular weight excluding hydrogens is 320 g/mol. The molecule has 1 aromatic heterocycles. The topological polar surface area (TPSA) is 87.6 Å². The number of aromatic nitrogens is 1. The van der Waals surface area contributed by atoms with Gasteiger partial charge in [0.1, 0.15) is 11.7 Å². The Kier molecular flexibility index (Phi) is 6.00. The molecular formula is C19H20N2O4. The fourth-order valence-corrected chi connectivity index (χ4v) is 2.58. The molecule has 1 N–H and O–H groups in total. The molecule has 0 bridgehead atoms. The van der Waals surface area contributed by atoms with Crippen LogP contribution in [-0.4, -0.2) is 45.2 Å². The van der Waals surface area contributed by atoms with Crippen molar-refractivity contribution in [1.29, 1.82) is 0 Å². The van der Waals surface area contributed by atoms with E-state index in [0.717, 1.165) is 4.90 Å². The second-order valence-corrected chi connectivity index (χ2v) is 5.96. The number of carbonyl (C=O) groups excluding carboxylic acids is 2. The zero-order valence-electron chi connectivity index (χ0n) is 14.1. The number of amides is 1. The van der Waals surface area contributed by atoms with Gasteiger partial charge in [0.2, 0.25) is 0 Å². The van der Waals surface area contributed by atoms with Gasteiger partial charge in [-0.25, -0.2) is 4.79 Å². The Hall–Kier alpha value is -3.02. The fourth-order valence-electron chi connectivity index (χ4n) is 2.58. The summed E-state index contributed by atoms with van der Waals surface area (Å²) in [7, 11) is 0. The van der Waals surface area contributed by atoms with Crippen LogP contribution in [0.1, 0.15) is 34.7 Å². The molecule has 1 atom stereocenters. The first-order valence-electron chi connectivity index (χ1n) is 7.95. The Balaban J connectivity index is 2.36. The van der Waals surface area contributed by atoms with E-state index in [1.165, 1.54) is 12.3 Å². The maximum Gasteiger partial charge on any atom is 0.326 e. The van der Waals surface area contributed by atoms with Crippen LogP contribution < -0.4 is 0 Å². The highest BCUT2D eigenvalue weighted by molar-refractivity contribution is 6.02. The molecule has 1 unspecified atom stereocenters. The minimum Gasteiger partial charge on any atom is -0.480 e. The minimum atomic E-state index is -1.15. The summed E-state index contributed by atoms with van der Waals surface area (Å²) in [5.74, 6) is -2.42. The van der Waals surface area contributed by atoms with Crippen molar-refractivity contribution < 1.29 is 19.5 Å². The number of ketones is 1. The monoisotopic (exact) mass is 340 g/mol. The zero-order chi connectivity index (χ0) is 18.4. The van der Waals surface area contributed by atoms with Crippen LogP contribution in [0.3, 0.4) is 0 Å². The number of carboxylic acids is 1. The quantitative estimate of drug-likeness (QED) is 0.783. The number of aliphatic carboxylic acids is 1. The first-order valence-corrected chi connectivity index (χ1v) is 7.95. The molecule has 0 aliphatic carbocycles. The van der Waals surface area contributed by atoms with Crippen molar-refractivity contribution in [2.45, 2.75) is 19.9 Å². The molecule has 2 aromatic rings. The van der Waals surface area contributed by atoms with Gasteiger partial charge in [-0.1, -0.05) is 50.2 Å². The molecule has 0 aliphatic rings. The minimum absolute atomic E-state index is 0.107. The van der Waals surface area contributed by atoms with Gasteiger partial charge in [-0.05, 0) is 18.1 Å². The third kappa shape index (κ3) is 4.50. The maximum absolute atomic E-state index is 12.8. The third-order valence-electron chi connectivity index (χ3n) is 3.77. The molecule has 0 fully saturated rings. The van der Waals surface area contributed by atoms with Crippen LogP contribution >= 0.6 is 0 Å². The second kappa shape index (κ2) is 8.19. The van der Waals surface area contributed by atoms with Crippen LogP contribution in [0.25, 0.3) is 0 Å². The van der Waals surface area contributed by atoms with Gasteiger partial charge in [0.15, 0.2) is 5.78 Å². The van der Waals surface area contributed by atoms with Crippen molar-refractivity contribution in [2.75, 3.05) is 6.54 Å². The molecule has 6 heteroatoms. The first-order chi connectivity index (χ1) is 11.9. The molecule has 2 rings (SSSR count). The van der Waals surface area contributed by atoms with Gasteiger partial charge in [-0.15, -0.1) is 0 Å². The number of hydrogen-bond donors (Lipinski definition) is 1. The van der Waals surface area contributed by atoms with E-state index in [9.17, 15) is 19.5 Å². The summed E-state index contributed by atoms with van der Waals surface area (Å²) in [6.07, 6.45) is 1.45. The first kappa shape index (κ1) is 18.3. The van der Waals surface area contributed by atoms with Gasteiger partial charge < -0.3 is 10.0 Å². The molecule has 0 saturated heterocycles. The lowest BCUT2D eigenvalue weighted by atomic mass is 10.0. The highest BCUT2D eigenvalue weighted by Gasteiger charge is 2.34. The second-order valence-electron chi connectivity index (χ2n) is 5.96. The van der Waals surface area contributed by atoms with Crippen molar-refractivity contribution in [1.82, 2.24) is 9.88 Å². The van der Waals surface area contributed by atoms with E-state index in [-0.39, 0.29) is 23.9 Å². The summed E-state index contributed by atoms with van der Waals surface area (Å²) in [5.41, 5.74) is 0.532. The van der Waals surface area contributed by atoms with Crippen molar-refractivity contribution in [3.8, 4) is 0 Å². The van der Waals surface area contributed by atoms with Crippen molar-refractivity contribution in [3.63, 3.8) is 0 Å². The van der Waals surface area contributed by atoms with Gasteiger partial charge in [0.05, 0.1) is 6.54 Å². The van der Waals surface area contributed by atoms with Crippen molar-refractivity contribution in [2.24, 2.45) is 5.92 Å². The average molecular weight is 340 g/mol. The summed E-state index contributed by atoms with van der Waals surface area (Å²) in [4.78, 5) is 42.1. The Morgan fingerprint density at radius 3 is 2.20 bits per heavy atom. The summed E-state index contributed by atoms with van der Waals surface area (Å²) in [5, 5.41) is 9.57. The van der Waals surface area contributed by atoms with Gasteiger partial charge >= 0.3 is 5.97 Å². The lowest BCUT2D eigenvalue weighted by molar-refractivity contribution is -0.143. The summed E-state index contributed by atoms with van der Waals surface area (Å²) >= 11 is 0. The molecule has 1 amide bonds. The summed E-state index contributed by atoms with van der Waals surface area (Å²) in [6, 6.07) is 12.2. The van der Waals surface area contributed by atoms with E-state index >= 15 is 0 Å². The lowest BCUT2D eigenvalue weighted by Crippen LogP contribution is -2.50. The van der Waals surface area contributed by atoms with E-state index in [4.69, 9.17) is 0 Å². The van der Waals surface area contributed by atoms with Gasteiger partial charge in [0.25, 0.3) is 5.91 Å². The lowest BCUT2D eigenvalue weighted by Gasteiger charge is -2.30. The fraction of sp³-hybridized carbons (Fsp3) is 0.263. The Bertz CT molecular complexity index is 745. The zero-order valence-corrected chi connectivity index (χ0v) is 14.1. The molecule has 1 heterocycles. The van der Waals surface area contributed by atoms with Gasteiger partial charge in [-0.2, -0.15) is 0 Å². The van der Waals surface area contributed by atoms with Gasteiger partial charge in [-0.3, -0.25) is 14.6 Å². The Morgan fingerprint density at radius 2 is 1.68 bits per heavy atom. The number of benzene rings is 1. The molecule has 0 saturated carbocycles. The number of Topliss-reactive ketones (excluding diaryl/α,β-unsaturated/α-hetero) is 1. The summed E-state index contributed by atoms with van der Waals surface area (Å²) in [6.45, 7) is 3.07. The third-order valence-corrected chi connectivity index (χ3v) is 3.77. The molecule has 0 radical (unpaired) electrons. The van der Waals surface area contributed by atoms with Crippen molar-refractivity contribution >= 4 is 17.7 Å². The molecule has 25 heavy (non-hydrogen) atoms. The van der Waals surface area contributed by atoms with Crippen molar-refractivity contribution in [3.05, 3.63) is 66.0 Å². The largest absolute Gasteiger partial charge is 0.480 e. The number of hydrogen-bond acceptors (Lipinski definition) is 4. The molecule has 0 spiro atoms. The Morgan fingerprint density at radius 1 is 1.04 bits per heavy atom. The Labute approximate surface area is 146 Å². The summed E-state index contributed by atoms with van der Waals surface area (Å²) < 4.78 is 0. The van der Waals surface area contributed by atoms with Crippen LogP contribution in [-0.2, 0) is 4.79 Å². The number of nitrogens with zero attached hydrogens (tertiary/aromatic N) is 2. The SMILES string of the molecule is CC(C)C(C(=O)O)N(CC(=O)c1ccccc1)C(=O)c1ccccn1. The predicted molar refractivity (Wildman–Crippen MR) is 92.3 cm³/mol. The number of carbonyl (C=O) groups is 3. The highest BCUT2D eigenvalue weighted by atomic mass is 16.4. The normalized spacial score (nSPS) is 11.8. The van der Waals surface area contributed by atoms with E-state index in [2.05, 4.69) is 4.98 Å². The van der Waals surface area contributed by atoms with E-state index in [1.807, 2.05) is 0 Å². The maximum atomic E-state index is 12.8. The van der Waals surface area contributed by atoms with Gasteiger partial charge in [0, 0.05) is 11.8 Å². The number of pyridine rings is 1. The smallest absolute Gasteiger partial charge is 0.326 e. The highest BCUT2D eigenvalue weighted by Crippen LogP contribution is 2.16. The van der Waals surface area contributed by atoms with E-state index in [1.54, 1.807) is 56.3 Å². The van der Waals surface area contributed by atoms with Crippen LogP contribution in [0, 0.1) is 5.92 Å². The molecule has 0 aliphatic heterocycles. The van der Waals surface area contributed by atoms with Crippen LogP contribution in [0.5, 0.6) is 0 Å². The number of carboxylic acid groups (broad SMARTS) is 1. The van der Waals surface area contributed by atoms with E-state index < -0.39 is 17.9 Å².